The summed E-state index contributed by atoms with van der Waals surface area (Å²) in [6.45, 7) is 1.73. The largest absolute Gasteiger partial charge is 0.328 e. The van der Waals surface area contributed by atoms with Crippen LogP contribution in [-0.2, 0) is 22.7 Å². The smallest absolute Gasteiger partial charge is 0.270 e. The number of fused-ring (bicyclic) bond motifs is 1. The Bertz CT molecular complexity index is 534. The van der Waals surface area contributed by atoms with Gasteiger partial charge < -0.3 is 9.47 Å². The summed E-state index contributed by atoms with van der Waals surface area (Å²) < 4.78 is 1.92. The van der Waals surface area contributed by atoms with Crippen molar-refractivity contribution in [2.75, 3.05) is 6.54 Å². The molecule has 0 spiro atoms. The van der Waals surface area contributed by atoms with Crippen molar-refractivity contribution in [1.29, 1.82) is 0 Å². The number of amides is 2. The molecule has 0 atom stereocenters. The van der Waals surface area contributed by atoms with Gasteiger partial charge in [0, 0.05) is 25.9 Å². The highest BCUT2D eigenvalue weighted by Gasteiger charge is 2.27. The molecule has 0 fully saturated rings. The van der Waals surface area contributed by atoms with Crippen molar-refractivity contribution in [3.8, 4) is 0 Å². The molecule has 2 aliphatic heterocycles. The first-order valence-corrected chi connectivity index (χ1v) is 5.75. The van der Waals surface area contributed by atoms with Gasteiger partial charge in [0.25, 0.3) is 5.91 Å². The van der Waals surface area contributed by atoms with E-state index in [0.29, 0.717) is 38.2 Å². The van der Waals surface area contributed by atoms with Crippen LogP contribution in [0.3, 0.4) is 0 Å². The van der Waals surface area contributed by atoms with E-state index in [4.69, 9.17) is 0 Å². The number of nitrogens with one attached hydrogen (secondary N) is 1. The maximum absolute atomic E-state index is 12.2. The minimum absolute atomic E-state index is 0.135. The number of carbonyl (C=O) groups is 2. The molecule has 3 rings (SSSR count). The fourth-order valence-corrected chi connectivity index (χ4v) is 2.05. The second-order valence-electron chi connectivity index (χ2n) is 4.26. The topological polar surface area (TPSA) is 92.5 Å². The number of rotatable bonds is 1. The normalized spacial score (nSPS) is 19.0. The molecule has 0 bridgehead atoms. The van der Waals surface area contributed by atoms with Crippen LogP contribution in [0.4, 0.5) is 0 Å². The summed E-state index contributed by atoms with van der Waals surface area (Å²) >= 11 is 0. The van der Waals surface area contributed by atoms with E-state index in [0.717, 1.165) is 5.82 Å². The van der Waals surface area contributed by atoms with E-state index < -0.39 is 0 Å². The first-order valence-electron chi connectivity index (χ1n) is 5.75. The zero-order valence-corrected chi connectivity index (χ0v) is 9.67. The number of aromatic nitrogens is 3. The summed E-state index contributed by atoms with van der Waals surface area (Å²) in [6, 6.07) is 0. The van der Waals surface area contributed by atoms with Crippen LogP contribution in [0.2, 0.25) is 0 Å². The predicted molar refractivity (Wildman–Crippen MR) is 60.3 cm³/mol. The van der Waals surface area contributed by atoms with Gasteiger partial charge in [0.05, 0.1) is 6.54 Å². The first-order chi connectivity index (χ1) is 8.74. The average Bonchev–Trinajstić information content (AvgIpc) is 2.86. The second kappa shape index (κ2) is 4.21. The lowest BCUT2D eigenvalue weighted by Crippen LogP contribution is -2.43. The molecule has 2 amide bonds. The summed E-state index contributed by atoms with van der Waals surface area (Å²) in [4.78, 5) is 24.8. The Balaban J connectivity index is 1.73. The van der Waals surface area contributed by atoms with Crippen molar-refractivity contribution in [2.24, 2.45) is 5.10 Å². The van der Waals surface area contributed by atoms with E-state index in [-0.39, 0.29) is 11.8 Å². The molecule has 94 valence electrons. The zero-order chi connectivity index (χ0) is 12.5. The Morgan fingerprint density at radius 3 is 3.00 bits per heavy atom. The van der Waals surface area contributed by atoms with Crippen LogP contribution in [0.15, 0.2) is 11.4 Å². The summed E-state index contributed by atoms with van der Waals surface area (Å²) in [6.07, 6.45) is 2.37. The van der Waals surface area contributed by atoms with E-state index >= 15 is 0 Å². The fourth-order valence-electron chi connectivity index (χ4n) is 2.05. The van der Waals surface area contributed by atoms with Crippen LogP contribution in [0, 0.1) is 0 Å². The van der Waals surface area contributed by atoms with Gasteiger partial charge in [-0.3, -0.25) is 9.59 Å². The molecule has 3 heterocycles. The summed E-state index contributed by atoms with van der Waals surface area (Å²) in [5.41, 5.74) is 2.74. The SMILES string of the molecule is O=C1CCC(C(=O)N2CCn3cnnc3C2)=NN1. The maximum Gasteiger partial charge on any atom is 0.270 e. The van der Waals surface area contributed by atoms with Crippen LogP contribution >= 0.6 is 0 Å². The minimum atomic E-state index is -0.148. The monoisotopic (exact) mass is 248 g/mol. The average molecular weight is 248 g/mol. The highest BCUT2D eigenvalue weighted by atomic mass is 16.2. The predicted octanol–water partition coefficient (Wildman–Crippen LogP) is -1.11. The molecule has 0 saturated heterocycles. The lowest BCUT2D eigenvalue weighted by atomic mass is 10.1. The molecule has 1 N–H and O–H groups in total. The van der Waals surface area contributed by atoms with Gasteiger partial charge in [0.15, 0.2) is 5.82 Å². The molecule has 8 heteroatoms. The van der Waals surface area contributed by atoms with Gasteiger partial charge in [0.1, 0.15) is 12.0 Å². The summed E-state index contributed by atoms with van der Waals surface area (Å²) in [5.74, 6) is 0.490. The number of hydrazone groups is 1. The van der Waals surface area contributed by atoms with Crippen LogP contribution < -0.4 is 5.43 Å². The van der Waals surface area contributed by atoms with E-state index in [9.17, 15) is 9.59 Å². The van der Waals surface area contributed by atoms with Gasteiger partial charge in [0.2, 0.25) is 5.91 Å². The van der Waals surface area contributed by atoms with Gasteiger partial charge in [-0.05, 0) is 0 Å². The van der Waals surface area contributed by atoms with Crippen LogP contribution in [-0.4, -0.2) is 43.7 Å². The van der Waals surface area contributed by atoms with Crippen molar-refractivity contribution in [2.45, 2.75) is 25.9 Å². The lowest BCUT2D eigenvalue weighted by Gasteiger charge is -2.27. The highest BCUT2D eigenvalue weighted by Crippen LogP contribution is 2.11. The Morgan fingerprint density at radius 2 is 2.22 bits per heavy atom. The van der Waals surface area contributed by atoms with E-state index in [1.165, 1.54) is 0 Å². The van der Waals surface area contributed by atoms with E-state index in [1.807, 2.05) is 4.57 Å². The lowest BCUT2D eigenvalue weighted by molar-refractivity contribution is -0.126. The van der Waals surface area contributed by atoms with E-state index in [2.05, 4.69) is 20.7 Å². The fraction of sp³-hybridized carbons (Fsp3) is 0.500. The molecule has 0 aliphatic carbocycles. The van der Waals surface area contributed by atoms with Crippen molar-refractivity contribution in [1.82, 2.24) is 25.1 Å². The molecule has 0 aromatic carbocycles. The number of carbonyl (C=O) groups excluding carboxylic acids is 2. The number of nitrogens with zero attached hydrogens (tertiary/aromatic N) is 5. The Labute approximate surface area is 103 Å². The molecule has 1 aromatic heterocycles. The quantitative estimate of drug-likeness (QED) is 0.681. The molecule has 18 heavy (non-hydrogen) atoms. The molecule has 0 radical (unpaired) electrons. The van der Waals surface area contributed by atoms with Gasteiger partial charge in [-0.1, -0.05) is 0 Å². The highest BCUT2D eigenvalue weighted by molar-refractivity contribution is 6.39. The van der Waals surface area contributed by atoms with Gasteiger partial charge in [-0.2, -0.15) is 5.10 Å². The van der Waals surface area contributed by atoms with Crippen LogP contribution in [0.5, 0.6) is 0 Å². The standard InChI is InChI=1S/C10H12N6O2/c17-9-2-1-7(12-14-9)10(18)15-3-4-16-6-11-13-8(16)5-15/h6H,1-5H2,(H,14,17). The Hall–Kier alpha value is -2.25. The van der Waals surface area contributed by atoms with Crippen molar-refractivity contribution >= 4 is 17.5 Å². The second-order valence-corrected chi connectivity index (χ2v) is 4.26. The van der Waals surface area contributed by atoms with Gasteiger partial charge >= 0.3 is 0 Å². The molecular weight excluding hydrogens is 236 g/mol. The maximum atomic E-state index is 12.2. The van der Waals surface area contributed by atoms with Crippen LogP contribution in [0.25, 0.3) is 0 Å². The van der Waals surface area contributed by atoms with Gasteiger partial charge in [-0.25, -0.2) is 5.43 Å². The van der Waals surface area contributed by atoms with Crippen LogP contribution in [0.1, 0.15) is 18.7 Å². The third-order valence-electron chi connectivity index (χ3n) is 3.08. The van der Waals surface area contributed by atoms with Crippen molar-refractivity contribution in [3.63, 3.8) is 0 Å². The molecule has 1 aromatic rings. The van der Waals surface area contributed by atoms with E-state index in [1.54, 1.807) is 11.2 Å². The third-order valence-corrected chi connectivity index (χ3v) is 3.08. The molecule has 0 unspecified atom stereocenters. The number of hydrogen-bond acceptors (Lipinski definition) is 5. The van der Waals surface area contributed by atoms with Gasteiger partial charge in [-0.15, -0.1) is 10.2 Å². The molecule has 8 nitrogen and oxygen atoms in total. The number of hydrogen-bond donors (Lipinski definition) is 1. The third kappa shape index (κ3) is 1.85. The Kier molecular flexibility index (Phi) is 2.54. The Morgan fingerprint density at radius 1 is 1.33 bits per heavy atom. The minimum Gasteiger partial charge on any atom is -0.328 e. The van der Waals surface area contributed by atoms with Crippen molar-refractivity contribution < 1.29 is 9.59 Å². The van der Waals surface area contributed by atoms with Crippen molar-refractivity contribution in [3.05, 3.63) is 12.2 Å². The first kappa shape index (κ1) is 10.9. The summed E-state index contributed by atoms with van der Waals surface area (Å²) in [7, 11) is 0. The zero-order valence-electron chi connectivity index (χ0n) is 9.67. The summed E-state index contributed by atoms with van der Waals surface area (Å²) in [5, 5.41) is 11.6. The molecule has 0 saturated carbocycles. The molecule has 2 aliphatic rings. The molecular formula is C10H12N6O2.